The molecule has 0 spiro atoms. The van der Waals surface area contributed by atoms with Crippen molar-refractivity contribution in [1.29, 1.82) is 10.8 Å². The molecule has 2 aliphatic rings. The van der Waals surface area contributed by atoms with Gasteiger partial charge in [-0.05, 0) is 69.0 Å². The summed E-state index contributed by atoms with van der Waals surface area (Å²) >= 11 is 7.22. The van der Waals surface area contributed by atoms with Crippen LogP contribution in [0.3, 0.4) is 0 Å². The van der Waals surface area contributed by atoms with Gasteiger partial charge in [-0.1, -0.05) is 24.2 Å². The Morgan fingerprint density at radius 2 is 1.93 bits per heavy atom. The van der Waals surface area contributed by atoms with Crippen LogP contribution in [-0.2, 0) is 4.79 Å². The van der Waals surface area contributed by atoms with E-state index in [2.05, 4.69) is 16.9 Å². The zero-order chi connectivity index (χ0) is 33.6. The van der Waals surface area contributed by atoms with Gasteiger partial charge >= 0.3 is 0 Å². The lowest BCUT2D eigenvalue weighted by molar-refractivity contribution is -0.131. The van der Waals surface area contributed by atoms with E-state index in [9.17, 15) is 15.3 Å². The minimum absolute atomic E-state index is 0.0140. The summed E-state index contributed by atoms with van der Waals surface area (Å²) in [6.45, 7) is 12.0. The number of amidine groups is 1. The SMILES string of the molecule is C=CC(=O)N1CC2CCN(C)c3c(Cl)c(-c4c(C)ccc(N)c4C=N)c(F)c(Nc4c(C)ccnc4C(C)O)c3C(=N)N2CC1C. The fourth-order valence-electron chi connectivity index (χ4n) is 6.60. The highest BCUT2D eigenvalue weighted by atomic mass is 35.5. The molecule has 0 bridgehead atoms. The molecule has 2 aliphatic heterocycles. The predicted molar refractivity (Wildman–Crippen MR) is 183 cm³/mol. The van der Waals surface area contributed by atoms with Crippen LogP contribution in [0.15, 0.2) is 37.1 Å². The quantitative estimate of drug-likeness (QED) is 0.130. The summed E-state index contributed by atoms with van der Waals surface area (Å²) in [4.78, 5) is 22.7. The summed E-state index contributed by atoms with van der Waals surface area (Å²) in [5.74, 6) is -0.854. The van der Waals surface area contributed by atoms with E-state index in [4.69, 9.17) is 22.7 Å². The van der Waals surface area contributed by atoms with E-state index in [0.717, 1.165) is 6.21 Å². The Morgan fingerprint density at radius 3 is 2.59 bits per heavy atom. The van der Waals surface area contributed by atoms with Gasteiger partial charge in [0, 0.05) is 68.0 Å². The van der Waals surface area contributed by atoms with E-state index in [1.165, 1.54) is 6.08 Å². The maximum absolute atomic E-state index is 17.5. The fourth-order valence-corrected chi connectivity index (χ4v) is 7.02. The second-order valence-electron chi connectivity index (χ2n) is 12.1. The van der Waals surface area contributed by atoms with E-state index in [1.807, 2.05) is 30.7 Å². The van der Waals surface area contributed by atoms with Gasteiger partial charge in [0.05, 0.1) is 39.4 Å². The van der Waals surface area contributed by atoms with Crippen LogP contribution in [0.5, 0.6) is 0 Å². The van der Waals surface area contributed by atoms with Crippen molar-refractivity contribution in [3.63, 3.8) is 0 Å². The number of hydrogen-bond donors (Lipinski definition) is 5. The zero-order valence-corrected chi connectivity index (χ0v) is 27.5. The molecule has 5 rings (SSSR count). The number of rotatable bonds is 6. The lowest BCUT2D eigenvalue weighted by Crippen LogP contribution is -2.61. The first-order chi connectivity index (χ1) is 21.8. The summed E-state index contributed by atoms with van der Waals surface area (Å²) < 4.78 is 17.5. The van der Waals surface area contributed by atoms with E-state index in [0.29, 0.717) is 71.1 Å². The van der Waals surface area contributed by atoms with Crippen molar-refractivity contribution in [2.45, 2.75) is 52.3 Å². The number of pyridine rings is 1. The van der Waals surface area contributed by atoms with Crippen molar-refractivity contribution >= 4 is 52.3 Å². The number of benzene rings is 2. The number of nitrogens with zero attached hydrogens (tertiary/aromatic N) is 4. The summed E-state index contributed by atoms with van der Waals surface area (Å²) in [5.41, 5.74) is 10.1. The number of fused-ring (bicyclic) bond motifs is 2. The maximum Gasteiger partial charge on any atom is 0.246 e. The molecule has 3 heterocycles. The molecule has 0 radical (unpaired) electrons. The number of aliphatic hydroxyl groups is 1. The summed E-state index contributed by atoms with van der Waals surface area (Å²) in [5, 5.41) is 31.8. The Hall–Kier alpha value is -4.48. The van der Waals surface area contributed by atoms with E-state index >= 15 is 4.39 Å². The molecule has 3 atom stereocenters. The summed E-state index contributed by atoms with van der Waals surface area (Å²) in [6, 6.07) is 4.74. The fraction of sp³-hybridized carbons (Fsp3) is 0.353. The van der Waals surface area contributed by atoms with Crippen LogP contribution in [0.2, 0.25) is 5.02 Å². The average molecular weight is 647 g/mol. The largest absolute Gasteiger partial charge is 0.398 e. The number of nitrogens with one attached hydrogen (secondary N) is 3. The molecular formula is C34H40ClFN8O2. The molecule has 0 saturated carbocycles. The van der Waals surface area contributed by atoms with Crippen LogP contribution >= 0.6 is 11.6 Å². The zero-order valence-electron chi connectivity index (χ0n) is 26.7. The molecule has 1 aromatic heterocycles. The number of carbonyl (C=O) groups excluding carboxylic acids is 1. The van der Waals surface area contributed by atoms with Crippen molar-refractivity contribution < 1.29 is 14.3 Å². The number of carbonyl (C=O) groups is 1. The van der Waals surface area contributed by atoms with Gasteiger partial charge in [-0.2, -0.15) is 0 Å². The Kier molecular flexibility index (Phi) is 9.10. The molecule has 1 amide bonds. The van der Waals surface area contributed by atoms with Crippen molar-refractivity contribution in [2.75, 3.05) is 42.6 Å². The van der Waals surface area contributed by atoms with Crippen LogP contribution in [-0.4, -0.2) is 76.6 Å². The molecule has 2 aromatic carbocycles. The number of halogens is 2. The van der Waals surface area contributed by atoms with E-state index < -0.39 is 11.9 Å². The first kappa shape index (κ1) is 32.9. The highest BCUT2D eigenvalue weighted by Gasteiger charge is 2.40. The highest BCUT2D eigenvalue weighted by Crippen LogP contribution is 2.49. The number of amides is 1. The molecule has 1 fully saturated rings. The van der Waals surface area contributed by atoms with Crippen LogP contribution in [0.25, 0.3) is 11.1 Å². The van der Waals surface area contributed by atoms with Crippen LogP contribution in [0, 0.1) is 30.5 Å². The second-order valence-corrected chi connectivity index (χ2v) is 12.5. The summed E-state index contributed by atoms with van der Waals surface area (Å²) in [7, 11) is 1.84. The lowest BCUT2D eigenvalue weighted by Gasteiger charge is -2.48. The standard InChI is InChI=1S/C34H40ClFN8O2/c1-7-24(46)43-16-21-11-13-42(6)33-27(34(39)44(21)15-19(43)4)32(41-30-18(3)10-12-40-31(30)20(5)45)29(36)26(28(33)35)25-17(2)8-9-23(38)22(25)14-37/h7-10,12,14,19-21,37,39,41,45H,1,11,13,15-16,38H2,2-6H3. The molecule has 3 aromatic rings. The van der Waals surface area contributed by atoms with Crippen molar-refractivity contribution in [3.8, 4) is 11.1 Å². The Bertz CT molecular complexity index is 1760. The normalized spacial score (nSPS) is 18.7. The Labute approximate surface area is 273 Å². The molecule has 1 saturated heterocycles. The highest BCUT2D eigenvalue weighted by molar-refractivity contribution is 6.38. The van der Waals surface area contributed by atoms with Gasteiger partial charge in [0.2, 0.25) is 5.91 Å². The van der Waals surface area contributed by atoms with Gasteiger partial charge in [-0.25, -0.2) is 4.39 Å². The number of aromatic nitrogens is 1. The van der Waals surface area contributed by atoms with E-state index in [1.54, 1.807) is 43.1 Å². The minimum atomic E-state index is -0.970. The van der Waals surface area contributed by atoms with Gasteiger partial charge in [0.15, 0.2) is 5.82 Å². The molecule has 10 nitrogen and oxygen atoms in total. The van der Waals surface area contributed by atoms with Crippen LogP contribution in [0.4, 0.5) is 27.1 Å². The molecule has 6 N–H and O–H groups in total. The average Bonchev–Trinajstić information content (AvgIpc) is 3.02. The number of nitrogens with two attached hydrogens (primary N) is 1. The molecular weight excluding hydrogens is 607 g/mol. The molecule has 12 heteroatoms. The summed E-state index contributed by atoms with van der Waals surface area (Å²) in [6.07, 6.45) is 3.61. The number of hydrogen-bond acceptors (Lipinski definition) is 8. The third-order valence-corrected chi connectivity index (χ3v) is 9.44. The number of anilines is 4. The molecule has 3 unspecified atom stereocenters. The van der Waals surface area contributed by atoms with Crippen molar-refractivity contribution in [2.24, 2.45) is 0 Å². The first-order valence-electron chi connectivity index (χ1n) is 15.2. The lowest BCUT2D eigenvalue weighted by atomic mass is 9.89. The van der Waals surface area contributed by atoms with Crippen molar-refractivity contribution in [1.82, 2.24) is 14.8 Å². The van der Waals surface area contributed by atoms with Gasteiger partial charge in [0.1, 0.15) is 5.84 Å². The Morgan fingerprint density at radius 1 is 1.22 bits per heavy atom. The van der Waals surface area contributed by atoms with E-state index in [-0.39, 0.29) is 45.7 Å². The number of piperazine rings is 1. The predicted octanol–water partition coefficient (Wildman–Crippen LogP) is 5.79. The number of nitrogen functional groups attached to an aromatic ring is 1. The van der Waals surface area contributed by atoms with Gasteiger partial charge < -0.3 is 36.3 Å². The maximum atomic E-state index is 17.5. The van der Waals surface area contributed by atoms with Crippen molar-refractivity contribution in [3.05, 3.63) is 75.8 Å². The van der Waals surface area contributed by atoms with Gasteiger partial charge in [-0.15, -0.1) is 0 Å². The molecule has 46 heavy (non-hydrogen) atoms. The minimum Gasteiger partial charge on any atom is -0.398 e. The van der Waals surface area contributed by atoms with Crippen LogP contribution < -0.4 is 16.0 Å². The van der Waals surface area contributed by atoms with Gasteiger partial charge in [-0.3, -0.25) is 15.2 Å². The first-order valence-corrected chi connectivity index (χ1v) is 15.5. The monoisotopic (exact) mass is 646 g/mol. The third kappa shape index (κ3) is 5.47. The van der Waals surface area contributed by atoms with Gasteiger partial charge in [0.25, 0.3) is 0 Å². The smallest absolute Gasteiger partial charge is 0.246 e. The molecule has 242 valence electrons. The van der Waals surface area contributed by atoms with Crippen LogP contribution in [0.1, 0.15) is 54.3 Å². The third-order valence-electron chi connectivity index (χ3n) is 9.07. The topological polar surface area (TPSA) is 146 Å². The second kappa shape index (κ2) is 12.7. The number of aryl methyl sites for hydroxylation is 2. The molecule has 0 aliphatic carbocycles. The Balaban J connectivity index is 1.84. The number of aliphatic hydroxyl groups excluding tert-OH is 1.